The van der Waals surface area contributed by atoms with E-state index in [0.717, 1.165) is 16.9 Å². The second-order valence-electron chi connectivity index (χ2n) is 5.31. The summed E-state index contributed by atoms with van der Waals surface area (Å²) >= 11 is 1.52. The molecule has 0 aromatic carbocycles. The Morgan fingerprint density at radius 2 is 2.11 bits per heavy atom. The van der Waals surface area contributed by atoms with Crippen molar-refractivity contribution in [1.82, 2.24) is 9.97 Å². The van der Waals surface area contributed by atoms with Crippen molar-refractivity contribution < 1.29 is 0 Å². The summed E-state index contributed by atoms with van der Waals surface area (Å²) in [7, 11) is 0. The molecule has 0 radical (unpaired) electrons. The predicted molar refractivity (Wildman–Crippen MR) is 77.8 cm³/mol. The Labute approximate surface area is 113 Å². The molecule has 0 amide bonds. The van der Waals surface area contributed by atoms with E-state index in [4.69, 9.17) is 5.73 Å². The molecular formula is C13H22N4S. The minimum Gasteiger partial charge on any atom is -0.383 e. The lowest BCUT2D eigenvalue weighted by Gasteiger charge is -2.33. The number of thioether (sulfide) groups is 1. The molecule has 0 bridgehead atoms. The maximum Gasteiger partial charge on any atom is 0.191 e. The van der Waals surface area contributed by atoms with Gasteiger partial charge in [0.15, 0.2) is 5.16 Å². The zero-order chi connectivity index (χ0) is 13.1. The molecule has 0 aliphatic heterocycles. The van der Waals surface area contributed by atoms with Crippen LogP contribution in [0.3, 0.4) is 0 Å². The Bertz CT molecular complexity index is 410. The van der Waals surface area contributed by atoms with Crippen LogP contribution in [0, 0.1) is 11.8 Å². The normalized spacial score (nSPS) is 28.1. The van der Waals surface area contributed by atoms with Crippen molar-refractivity contribution in [3.8, 4) is 0 Å². The molecule has 3 atom stereocenters. The van der Waals surface area contributed by atoms with Crippen LogP contribution in [-0.2, 0) is 0 Å². The molecule has 100 valence electrons. The van der Waals surface area contributed by atoms with Crippen LogP contribution in [0.25, 0.3) is 0 Å². The number of hydrogen-bond donors (Lipinski definition) is 2. The molecule has 0 spiro atoms. The van der Waals surface area contributed by atoms with Gasteiger partial charge < -0.3 is 11.1 Å². The molecule has 1 aliphatic carbocycles. The van der Waals surface area contributed by atoms with Crippen molar-refractivity contribution in [3.63, 3.8) is 0 Å². The average Bonchev–Trinajstić information content (AvgIpc) is 2.32. The third-order valence-electron chi connectivity index (χ3n) is 3.67. The molecule has 2 rings (SSSR count). The van der Waals surface area contributed by atoms with E-state index in [1.807, 2.05) is 12.3 Å². The van der Waals surface area contributed by atoms with Crippen LogP contribution < -0.4 is 11.1 Å². The lowest BCUT2D eigenvalue weighted by molar-refractivity contribution is 0.276. The highest BCUT2D eigenvalue weighted by Gasteiger charge is 2.25. The molecule has 1 saturated carbocycles. The van der Waals surface area contributed by atoms with Crippen LogP contribution in [0.4, 0.5) is 11.6 Å². The zero-order valence-corrected chi connectivity index (χ0v) is 12.1. The van der Waals surface area contributed by atoms with Gasteiger partial charge in [-0.25, -0.2) is 9.97 Å². The molecular weight excluding hydrogens is 244 g/mol. The number of nitrogen functional groups attached to an aromatic ring is 1. The first-order valence-corrected chi connectivity index (χ1v) is 7.76. The van der Waals surface area contributed by atoms with Gasteiger partial charge in [-0.15, -0.1) is 0 Å². The molecule has 0 saturated heterocycles. The molecule has 1 aromatic heterocycles. The van der Waals surface area contributed by atoms with E-state index >= 15 is 0 Å². The minimum atomic E-state index is 0.505. The summed E-state index contributed by atoms with van der Waals surface area (Å²) in [4.78, 5) is 8.63. The van der Waals surface area contributed by atoms with E-state index in [9.17, 15) is 0 Å². The van der Waals surface area contributed by atoms with Crippen molar-refractivity contribution in [2.45, 2.75) is 44.3 Å². The molecule has 18 heavy (non-hydrogen) atoms. The Balaban J connectivity index is 2.06. The fourth-order valence-electron chi connectivity index (χ4n) is 2.68. The number of rotatable bonds is 3. The molecule has 3 N–H and O–H groups in total. The summed E-state index contributed by atoms with van der Waals surface area (Å²) in [5, 5.41) is 4.25. The van der Waals surface area contributed by atoms with Gasteiger partial charge in [-0.05, 0) is 37.4 Å². The van der Waals surface area contributed by atoms with Gasteiger partial charge >= 0.3 is 0 Å². The monoisotopic (exact) mass is 266 g/mol. The van der Waals surface area contributed by atoms with Crippen LogP contribution in [0.1, 0.15) is 33.1 Å². The first-order valence-electron chi connectivity index (χ1n) is 6.53. The second kappa shape index (κ2) is 5.78. The zero-order valence-electron chi connectivity index (χ0n) is 11.3. The Hall–Kier alpha value is -0.970. The maximum absolute atomic E-state index is 5.79. The van der Waals surface area contributed by atoms with E-state index in [0.29, 0.717) is 17.8 Å². The Morgan fingerprint density at radius 1 is 1.33 bits per heavy atom. The molecule has 5 heteroatoms. The first kappa shape index (κ1) is 13.5. The fraction of sp³-hybridized carbons (Fsp3) is 0.692. The van der Waals surface area contributed by atoms with Gasteiger partial charge in [-0.1, -0.05) is 25.6 Å². The second-order valence-corrected chi connectivity index (χ2v) is 6.08. The van der Waals surface area contributed by atoms with Gasteiger partial charge in [-0.3, -0.25) is 0 Å². The van der Waals surface area contributed by atoms with Gasteiger partial charge in [-0.2, -0.15) is 0 Å². The molecule has 4 nitrogen and oxygen atoms in total. The Kier molecular flexibility index (Phi) is 4.32. The van der Waals surface area contributed by atoms with Gasteiger partial charge in [0.05, 0.1) is 0 Å². The number of hydrogen-bond acceptors (Lipinski definition) is 5. The van der Waals surface area contributed by atoms with E-state index in [1.165, 1.54) is 31.0 Å². The third kappa shape index (κ3) is 3.28. The summed E-state index contributed by atoms with van der Waals surface area (Å²) in [6, 6.07) is 2.33. The van der Waals surface area contributed by atoms with Crippen LogP contribution in [0.5, 0.6) is 0 Å². The summed E-state index contributed by atoms with van der Waals surface area (Å²) in [5.41, 5.74) is 5.79. The quantitative estimate of drug-likeness (QED) is 0.650. The van der Waals surface area contributed by atoms with Crippen LogP contribution in [0.15, 0.2) is 11.2 Å². The van der Waals surface area contributed by atoms with Crippen molar-refractivity contribution in [2.24, 2.45) is 11.8 Å². The van der Waals surface area contributed by atoms with E-state index in [1.54, 1.807) is 0 Å². The summed E-state index contributed by atoms with van der Waals surface area (Å²) in [6.45, 7) is 4.65. The van der Waals surface area contributed by atoms with E-state index in [-0.39, 0.29) is 0 Å². The highest BCUT2D eigenvalue weighted by Crippen LogP contribution is 2.30. The predicted octanol–water partition coefficient (Wildman–Crippen LogP) is 3.02. The van der Waals surface area contributed by atoms with Crippen molar-refractivity contribution in [2.75, 3.05) is 17.3 Å². The first-order chi connectivity index (χ1) is 8.58. The highest BCUT2D eigenvalue weighted by atomic mass is 32.2. The van der Waals surface area contributed by atoms with Crippen LogP contribution >= 0.6 is 11.8 Å². The molecule has 1 fully saturated rings. The molecule has 3 unspecified atom stereocenters. The van der Waals surface area contributed by atoms with Crippen LogP contribution in [0.2, 0.25) is 0 Å². The van der Waals surface area contributed by atoms with Crippen molar-refractivity contribution in [3.05, 3.63) is 6.07 Å². The van der Waals surface area contributed by atoms with Crippen molar-refractivity contribution >= 4 is 23.4 Å². The number of anilines is 2. The van der Waals surface area contributed by atoms with Gasteiger partial charge in [0.2, 0.25) is 0 Å². The summed E-state index contributed by atoms with van der Waals surface area (Å²) < 4.78 is 0. The summed E-state index contributed by atoms with van der Waals surface area (Å²) in [5.74, 6) is 2.92. The Morgan fingerprint density at radius 3 is 2.78 bits per heavy atom. The number of nitrogens with one attached hydrogen (secondary N) is 1. The van der Waals surface area contributed by atoms with E-state index in [2.05, 4.69) is 29.1 Å². The standard InChI is InChI=1S/C13H22N4S/c1-8-4-5-10(9(2)6-8)15-12-7-11(14)16-13(17-12)18-3/h7-10H,4-6H2,1-3H3,(H3,14,15,16,17). The van der Waals surface area contributed by atoms with Gasteiger partial charge in [0.1, 0.15) is 11.6 Å². The molecule has 1 aromatic rings. The lowest BCUT2D eigenvalue weighted by Crippen LogP contribution is -2.33. The van der Waals surface area contributed by atoms with Crippen molar-refractivity contribution in [1.29, 1.82) is 0 Å². The average molecular weight is 266 g/mol. The third-order valence-corrected chi connectivity index (χ3v) is 4.22. The smallest absolute Gasteiger partial charge is 0.191 e. The molecule has 1 heterocycles. The number of nitrogens with zero attached hydrogens (tertiary/aromatic N) is 2. The van der Waals surface area contributed by atoms with E-state index < -0.39 is 0 Å². The number of aromatic nitrogens is 2. The largest absolute Gasteiger partial charge is 0.383 e. The van der Waals surface area contributed by atoms with Crippen LogP contribution in [-0.4, -0.2) is 22.3 Å². The minimum absolute atomic E-state index is 0.505. The molecule has 1 aliphatic rings. The lowest BCUT2D eigenvalue weighted by atomic mass is 9.80. The summed E-state index contributed by atoms with van der Waals surface area (Å²) in [6.07, 6.45) is 5.75. The number of nitrogens with two attached hydrogens (primary N) is 1. The van der Waals surface area contributed by atoms with Gasteiger partial charge in [0, 0.05) is 12.1 Å². The SMILES string of the molecule is CSc1nc(N)cc(NC2CCC(C)CC2C)n1. The maximum atomic E-state index is 5.79. The fourth-order valence-corrected chi connectivity index (χ4v) is 3.06. The highest BCUT2D eigenvalue weighted by molar-refractivity contribution is 7.98. The van der Waals surface area contributed by atoms with Gasteiger partial charge in [0.25, 0.3) is 0 Å². The topological polar surface area (TPSA) is 63.8 Å².